The van der Waals surface area contributed by atoms with E-state index >= 15 is 0 Å². The zero-order valence-electron chi connectivity index (χ0n) is 9.60. The molecule has 0 radical (unpaired) electrons. The standard InChI is InChI=1S/C10H13N5OS/c1-3-8-13-14-10(17-8)12-9(16)7-4-6(11)5-15(7)2/h4-5H,3,11H2,1-2H3,(H,12,14,16). The molecular formula is C10H13N5OS. The minimum absolute atomic E-state index is 0.233. The minimum atomic E-state index is -0.233. The molecule has 0 atom stereocenters. The molecule has 2 rings (SSSR count). The number of rotatable bonds is 3. The fraction of sp³-hybridized carbons (Fsp3) is 0.300. The lowest BCUT2D eigenvalue weighted by Crippen LogP contribution is -2.15. The van der Waals surface area contributed by atoms with Crippen LogP contribution in [-0.4, -0.2) is 20.7 Å². The van der Waals surface area contributed by atoms with Crippen molar-refractivity contribution in [1.29, 1.82) is 0 Å². The first-order valence-corrected chi connectivity index (χ1v) is 5.97. The van der Waals surface area contributed by atoms with Crippen molar-refractivity contribution in [2.24, 2.45) is 7.05 Å². The number of aryl methyl sites for hydroxylation is 2. The predicted molar refractivity (Wildman–Crippen MR) is 67.1 cm³/mol. The Balaban J connectivity index is 2.14. The second kappa shape index (κ2) is 4.54. The summed E-state index contributed by atoms with van der Waals surface area (Å²) in [5, 5.41) is 11.9. The molecule has 0 unspecified atom stereocenters. The normalized spacial score (nSPS) is 10.5. The van der Waals surface area contributed by atoms with Crippen LogP contribution in [0.5, 0.6) is 0 Å². The van der Waals surface area contributed by atoms with Crippen molar-refractivity contribution < 1.29 is 4.79 Å². The Hall–Kier alpha value is -1.89. The van der Waals surface area contributed by atoms with Gasteiger partial charge in [-0.25, -0.2) is 0 Å². The van der Waals surface area contributed by atoms with Crippen LogP contribution in [0.25, 0.3) is 0 Å². The summed E-state index contributed by atoms with van der Waals surface area (Å²) in [5.74, 6) is -0.233. The van der Waals surface area contributed by atoms with Gasteiger partial charge in [0, 0.05) is 13.2 Å². The molecule has 17 heavy (non-hydrogen) atoms. The Morgan fingerprint density at radius 1 is 1.59 bits per heavy atom. The van der Waals surface area contributed by atoms with E-state index in [-0.39, 0.29) is 5.91 Å². The second-order valence-electron chi connectivity index (χ2n) is 3.58. The first-order chi connectivity index (χ1) is 8.10. The number of nitrogens with zero attached hydrogens (tertiary/aromatic N) is 3. The van der Waals surface area contributed by atoms with Crippen LogP contribution in [0.15, 0.2) is 12.3 Å². The Kier molecular flexibility index (Phi) is 3.10. The fourth-order valence-electron chi connectivity index (χ4n) is 1.42. The summed E-state index contributed by atoms with van der Waals surface area (Å²) in [7, 11) is 1.77. The Labute approximate surface area is 102 Å². The molecule has 0 aliphatic carbocycles. The lowest BCUT2D eigenvalue weighted by atomic mass is 10.4. The molecule has 6 nitrogen and oxygen atoms in total. The van der Waals surface area contributed by atoms with Gasteiger partial charge >= 0.3 is 0 Å². The SMILES string of the molecule is CCc1nnc(NC(=O)c2cc(N)cn2C)s1. The number of nitrogens with one attached hydrogen (secondary N) is 1. The highest BCUT2D eigenvalue weighted by molar-refractivity contribution is 7.15. The molecule has 90 valence electrons. The maximum Gasteiger partial charge on any atom is 0.274 e. The van der Waals surface area contributed by atoms with Crippen LogP contribution < -0.4 is 11.1 Å². The van der Waals surface area contributed by atoms with Crippen LogP contribution in [0.3, 0.4) is 0 Å². The number of carbonyl (C=O) groups is 1. The third kappa shape index (κ3) is 2.44. The summed E-state index contributed by atoms with van der Waals surface area (Å²) >= 11 is 1.37. The first-order valence-electron chi connectivity index (χ1n) is 5.15. The van der Waals surface area contributed by atoms with E-state index in [1.54, 1.807) is 23.9 Å². The van der Waals surface area contributed by atoms with Crippen molar-refractivity contribution in [2.45, 2.75) is 13.3 Å². The van der Waals surface area contributed by atoms with Gasteiger partial charge in [0.1, 0.15) is 10.7 Å². The lowest BCUT2D eigenvalue weighted by molar-refractivity contribution is 0.101. The maximum atomic E-state index is 11.9. The monoisotopic (exact) mass is 251 g/mol. The highest BCUT2D eigenvalue weighted by Crippen LogP contribution is 2.17. The summed E-state index contributed by atoms with van der Waals surface area (Å²) in [6.45, 7) is 1.99. The zero-order chi connectivity index (χ0) is 12.4. The Morgan fingerprint density at radius 2 is 2.35 bits per heavy atom. The van der Waals surface area contributed by atoms with E-state index in [0.717, 1.165) is 11.4 Å². The fourth-order valence-corrected chi connectivity index (χ4v) is 2.10. The quantitative estimate of drug-likeness (QED) is 0.860. The highest BCUT2D eigenvalue weighted by Gasteiger charge is 2.13. The zero-order valence-corrected chi connectivity index (χ0v) is 10.4. The molecule has 0 saturated carbocycles. The average Bonchev–Trinajstić information content (AvgIpc) is 2.85. The van der Waals surface area contributed by atoms with Crippen molar-refractivity contribution in [3.05, 3.63) is 23.0 Å². The van der Waals surface area contributed by atoms with Crippen molar-refractivity contribution in [1.82, 2.24) is 14.8 Å². The third-order valence-corrected chi connectivity index (χ3v) is 3.23. The number of amides is 1. The van der Waals surface area contributed by atoms with Crippen LogP contribution in [0.2, 0.25) is 0 Å². The molecule has 2 heterocycles. The molecular weight excluding hydrogens is 238 g/mol. The van der Waals surface area contributed by atoms with Gasteiger partial charge in [0.05, 0.1) is 5.69 Å². The second-order valence-corrected chi connectivity index (χ2v) is 4.64. The van der Waals surface area contributed by atoms with Crippen molar-refractivity contribution in [3.63, 3.8) is 0 Å². The Morgan fingerprint density at radius 3 is 2.88 bits per heavy atom. The molecule has 0 bridgehead atoms. The number of nitrogen functional groups attached to an aromatic ring is 1. The van der Waals surface area contributed by atoms with E-state index in [9.17, 15) is 4.79 Å². The molecule has 0 saturated heterocycles. The smallest absolute Gasteiger partial charge is 0.274 e. The van der Waals surface area contributed by atoms with Gasteiger partial charge in [-0.3, -0.25) is 10.1 Å². The number of carbonyl (C=O) groups excluding carboxylic acids is 1. The van der Waals surface area contributed by atoms with Crippen LogP contribution >= 0.6 is 11.3 Å². The lowest BCUT2D eigenvalue weighted by Gasteiger charge is -2.01. The molecule has 2 aromatic heterocycles. The van der Waals surface area contributed by atoms with Gasteiger partial charge in [-0.15, -0.1) is 10.2 Å². The molecule has 0 aliphatic rings. The summed E-state index contributed by atoms with van der Waals surface area (Å²) < 4.78 is 1.67. The number of nitrogens with two attached hydrogens (primary N) is 1. The van der Waals surface area contributed by atoms with Crippen molar-refractivity contribution in [2.75, 3.05) is 11.1 Å². The van der Waals surface area contributed by atoms with Gasteiger partial charge in [0.25, 0.3) is 5.91 Å². The van der Waals surface area contributed by atoms with Crippen LogP contribution in [0, 0.1) is 0 Å². The molecule has 0 aromatic carbocycles. The number of hydrogen-bond donors (Lipinski definition) is 2. The number of aromatic nitrogens is 3. The molecule has 2 aromatic rings. The van der Waals surface area contributed by atoms with Crippen LogP contribution in [-0.2, 0) is 13.5 Å². The van der Waals surface area contributed by atoms with Gasteiger partial charge in [-0.05, 0) is 12.5 Å². The highest BCUT2D eigenvalue weighted by atomic mass is 32.1. The summed E-state index contributed by atoms with van der Waals surface area (Å²) in [5.41, 5.74) is 6.67. The maximum absolute atomic E-state index is 11.9. The largest absolute Gasteiger partial charge is 0.397 e. The molecule has 7 heteroatoms. The van der Waals surface area contributed by atoms with Gasteiger partial charge in [-0.1, -0.05) is 18.3 Å². The van der Waals surface area contributed by atoms with Gasteiger partial charge in [-0.2, -0.15) is 0 Å². The Bertz CT molecular complexity index is 545. The summed E-state index contributed by atoms with van der Waals surface area (Å²) in [4.78, 5) is 11.9. The van der Waals surface area contributed by atoms with Crippen molar-refractivity contribution >= 4 is 28.1 Å². The number of anilines is 2. The van der Waals surface area contributed by atoms with E-state index in [4.69, 9.17) is 5.73 Å². The third-order valence-electron chi connectivity index (χ3n) is 2.25. The molecule has 0 spiro atoms. The van der Waals surface area contributed by atoms with Crippen LogP contribution in [0.4, 0.5) is 10.8 Å². The van der Waals surface area contributed by atoms with E-state index in [2.05, 4.69) is 15.5 Å². The molecule has 1 amide bonds. The molecule has 0 aliphatic heterocycles. The van der Waals surface area contributed by atoms with E-state index in [1.807, 2.05) is 6.92 Å². The number of hydrogen-bond acceptors (Lipinski definition) is 5. The van der Waals surface area contributed by atoms with Crippen LogP contribution in [0.1, 0.15) is 22.4 Å². The van der Waals surface area contributed by atoms with E-state index in [1.165, 1.54) is 11.3 Å². The van der Waals surface area contributed by atoms with Crippen molar-refractivity contribution in [3.8, 4) is 0 Å². The topological polar surface area (TPSA) is 85.8 Å². The predicted octanol–water partition coefficient (Wildman–Crippen LogP) is 1.27. The minimum Gasteiger partial charge on any atom is -0.397 e. The first kappa shape index (κ1) is 11.6. The average molecular weight is 251 g/mol. The van der Waals surface area contributed by atoms with Gasteiger partial charge in [0.2, 0.25) is 5.13 Å². The van der Waals surface area contributed by atoms with Gasteiger partial charge in [0.15, 0.2) is 0 Å². The summed E-state index contributed by atoms with van der Waals surface area (Å²) in [6.07, 6.45) is 2.50. The van der Waals surface area contributed by atoms with E-state index < -0.39 is 0 Å². The van der Waals surface area contributed by atoms with E-state index in [0.29, 0.717) is 16.5 Å². The molecule has 0 fully saturated rings. The molecule has 3 N–H and O–H groups in total. The van der Waals surface area contributed by atoms with Gasteiger partial charge < -0.3 is 10.3 Å². The summed E-state index contributed by atoms with van der Waals surface area (Å²) in [6, 6.07) is 1.62.